The maximum Gasteiger partial charge on any atom is 0.224 e. The quantitative estimate of drug-likeness (QED) is 0.726. The average Bonchev–Trinajstić information content (AvgIpc) is 2.57. The predicted octanol–water partition coefficient (Wildman–Crippen LogP) is 4.24. The smallest absolute Gasteiger partial charge is 0.224 e. The van der Waals surface area contributed by atoms with Crippen molar-refractivity contribution in [3.63, 3.8) is 0 Å². The molecule has 1 N–H and O–H groups in total. The van der Waals surface area contributed by atoms with Crippen molar-refractivity contribution in [2.45, 2.75) is 19.8 Å². The molecule has 0 saturated carbocycles. The van der Waals surface area contributed by atoms with Gasteiger partial charge in [-0.2, -0.15) is 0 Å². The summed E-state index contributed by atoms with van der Waals surface area (Å²) in [6.45, 7) is 2.86. The molecule has 24 heavy (non-hydrogen) atoms. The maximum absolute atomic E-state index is 12.2. The first-order chi connectivity index (χ1) is 11.6. The summed E-state index contributed by atoms with van der Waals surface area (Å²) >= 11 is 6.16. The Morgan fingerprint density at radius 1 is 1.12 bits per heavy atom. The summed E-state index contributed by atoms with van der Waals surface area (Å²) in [7, 11) is 1.60. The van der Waals surface area contributed by atoms with E-state index in [1.807, 2.05) is 31.2 Å². The first-order valence-corrected chi connectivity index (χ1v) is 8.23. The van der Waals surface area contributed by atoms with Gasteiger partial charge < -0.3 is 14.8 Å². The Morgan fingerprint density at radius 3 is 2.58 bits per heavy atom. The van der Waals surface area contributed by atoms with Crippen LogP contribution in [0.5, 0.6) is 5.75 Å². The molecule has 0 heterocycles. The normalized spacial score (nSPS) is 10.5. The van der Waals surface area contributed by atoms with E-state index in [-0.39, 0.29) is 5.91 Å². The van der Waals surface area contributed by atoms with Gasteiger partial charge in [0, 0.05) is 13.5 Å². The lowest BCUT2D eigenvalue weighted by atomic mass is 10.1. The molecule has 0 bridgehead atoms. The van der Waals surface area contributed by atoms with Crippen molar-refractivity contribution < 1.29 is 14.3 Å². The first kappa shape index (κ1) is 18.3. The first-order valence-electron chi connectivity index (χ1n) is 7.86. The highest BCUT2D eigenvalue weighted by Gasteiger charge is 2.11. The topological polar surface area (TPSA) is 47.6 Å². The molecular weight excluding hydrogens is 326 g/mol. The van der Waals surface area contributed by atoms with Crippen LogP contribution in [-0.2, 0) is 16.0 Å². The molecule has 0 aliphatic heterocycles. The van der Waals surface area contributed by atoms with Crippen LogP contribution in [0.25, 0.3) is 0 Å². The molecule has 0 unspecified atom stereocenters. The zero-order valence-corrected chi connectivity index (χ0v) is 14.7. The number of anilines is 1. The highest BCUT2D eigenvalue weighted by atomic mass is 35.5. The van der Waals surface area contributed by atoms with Crippen LogP contribution in [0.4, 0.5) is 5.69 Å². The third kappa shape index (κ3) is 5.55. The number of benzene rings is 2. The standard InChI is InChI=1S/C19H22ClNO3/c1-14-6-8-15(9-7-14)10-11-18(22)21-17-5-3-4-16(20)19(17)24-13-12-23-2/h3-9H,10-13H2,1-2H3,(H,21,22). The highest BCUT2D eigenvalue weighted by molar-refractivity contribution is 6.32. The van der Waals surface area contributed by atoms with Gasteiger partial charge in [0.15, 0.2) is 5.75 Å². The molecule has 0 atom stereocenters. The van der Waals surface area contributed by atoms with Crippen molar-refractivity contribution in [1.82, 2.24) is 0 Å². The monoisotopic (exact) mass is 347 g/mol. The lowest BCUT2D eigenvalue weighted by molar-refractivity contribution is -0.116. The Hall–Kier alpha value is -2.04. The fourth-order valence-corrected chi connectivity index (χ4v) is 2.44. The van der Waals surface area contributed by atoms with Gasteiger partial charge in [0.05, 0.1) is 17.3 Å². The summed E-state index contributed by atoms with van der Waals surface area (Å²) in [6, 6.07) is 13.5. The van der Waals surface area contributed by atoms with Gasteiger partial charge in [-0.05, 0) is 31.0 Å². The summed E-state index contributed by atoms with van der Waals surface area (Å²) in [5, 5.41) is 3.33. The van der Waals surface area contributed by atoms with Crippen LogP contribution in [0.1, 0.15) is 17.5 Å². The molecule has 0 aliphatic carbocycles. The summed E-state index contributed by atoms with van der Waals surface area (Å²) in [6.07, 6.45) is 1.08. The van der Waals surface area contributed by atoms with E-state index in [2.05, 4.69) is 5.32 Å². The molecule has 5 heteroatoms. The average molecular weight is 348 g/mol. The number of amides is 1. The van der Waals surface area contributed by atoms with E-state index in [0.29, 0.717) is 42.5 Å². The van der Waals surface area contributed by atoms with Gasteiger partial charge in [-0.1, -0.05) is 47.5 Å². The third-order valence-electron chi connectivity index (χ3n) is 3.54. The van der Waals surface area contributed by atoms with E-state index in [1.165, 1.54) is 5.56 Å². The van der Waals surface area contributed by atoms with E-state index in [9.17, 15) is 4.79 Å². The van der Waals surface area contributed by atoms with Crippen LogP contribution in [0.2, 0.25) is 5.02 Å². The van der Waals surface area contributed by atoms with Gasteiger partial charge in [0.1, 0.15) is 6.61 Å². The Bertz CT molecular complexity index is 671. The minimum Gasteiger partial charge on any atom is -0.487 e. The van der Waals surface area contributed by atoms with Gasteiger partial charge in [0.2, 0.25) is 5.91 Å². The van der Waals surface area contributed by atoms with Gasteiger partial charge in [-0.3, -0.25) is 4.79 Å². The number of carbonyl (C=O) groups is 1. The Balaban J connectivity index is 1.95. The van der Waals surface area contributed by atoms with Crippen molar-refractivity contribution in [1.29, 1.82) is 0 Å². The van der Waals surface area contributed by atoms with Crippen LogP contribution in [-0.4, -0.2) is 26.2 Å². The fraction of sp³-hybridized carbons (Fsp3) is 0.316. The van der Waals surface area contributed by atoms with Crippen molar-refractivity contribution in [3.05, 3.63) is 58.6 Å². The predicted molar refractivity (Wildman–Crippen MR) is 97.0 cm³/mol. The van der Waals surface area contributed by atoms with Crippen LogP contribution >= 0.6 is 11.6 Å². The molecule has 128 valence electrons. The molecule has 0 radical (unpaired) electrons. The summed E-state index contributed by atoms with van der Waals surface area (Å²) in [5.41, 5.74) is 2.92. The van der Waals surface area contributed by atoms with Crippen molar-refractivity contribution in [2.24, 2.45) is 0 Å². The second kappa shape index (κ2) is 9.30. The molecule has 2 rings (SSSR count). The van der Waals surface area contributed by atoms with Crippen molar-refractivity contribution in [2.75, 3.05) is 25.6 Å². The van der Waals surface area contributed by atoms with E-state index in [4.69, 9.17) is 21.1 Å². The number of aryl methyl sites for hydroxylation is 2. The third-order valence-corrected chi connectivity index (χ3v) is 3.83. The van der Waals surface area contributed by atoms with Crippen LogP contribution in [0, 0.1) is 6.92 Å². The number of carbonyl (C=O) groups excluding carboxylic acids is 1. The Kier molecular flexibility index (Phi) is 7.09. The SMILES string of the molecule is COCCOc1c(Cl)cccc1NC(=O)CCc1ccc(C)cc1. The minimum absolute atomic E-state index is 0.0746. The molecule has 1 amide bonds. The lowest BCUT2D eigenvalue weighted by Gasteiger charge is -2.14. The molecule has 0 aromatic heterocycles. The van der Waals surface area contributed by atoms with Gasteiger partial charge >= 0.3 is 0 Å². The molecule has 4 nitrogen and oxygen atoms in total. The van der Waals surface area contributed by atoms with Crippen molar-refractivity contribution >= 4 is 23.2 Å². The molecule has 0 spiro atoms. The second-order valence-electron chi connectivity index (χ2n) is 5.49. The van der Waals surface area contributed by atoms with E-state index >= 15 is 0 Å². The van der Waals surface area contributed by atoms with Crippen LogP contribution in [0.3, 0.4) is 0 Å². The summed E-state index contributed by atoms with van der Waals surface area (Å²) in [5.74, 6) is 0.398. The van der Waals surface area contributed by atoms with Gasteiger partial charge in [-0.25, -0.2) is 0 Å². The van der Waals surface area contributed by atoms with E-state index in [1.54, 1.807) is 25.3 Å². The van der Waals surface area contributed by atoms with E-state index in [0.717, 1.165) is 5.56 Å². The molecule has 0 fully saturated rings. The number of hydrogen-bond acceptors (Lipinski definition) is 3. The summed E-state index contributed by atoms with van der Waals surface area (Å²) in [4.78, 5) is 12.2. The van der Waals surface area contributed by atoms with Crippen LogP contribution in [0.15, 0.2) is 42.5 Å². The zero-order chi connectivity index (χ0) is 17.4. The van der Waals surface area contributed by atoms with Crippen LogP contribution < -0.4 is 10.1 Å². The van der Waals surface area contributed by atoms with Crippen molar-refractivity contribution in [3.8, 4) is 5.75 Å². The Labute approximate surface area is 147 Å². The fourth-order valence-electron chi connectivity index (χ4n) is 2.21. The number of hydrogen-bond donors (Lipinski definition) is 1. The highest BCUT2D eigenvalue weighted by Crippen LogP contribution is 2.33. The van der Waals surface area contributed by atoms with E-state index < -0.39 is 0 Å². The maximum atomic E-state index is 12.2. The molecule has 0 saturated heterocycles. The van der Waals surface area contributed by atoms with Gasteiger partial charge in [0.25, 0.3) is 0 Å². The number of nitrogens with one attached hydrogen (secondary N) is 1. The largest absolute Gasteiger partial charge is 0.487 e. The summed E-state index contributed by atoms with van der Waals surface area (Å²) < 4.78 is 10.6. The van der Waals surface area contributed by atoms with Gasteiger partial charge in [-0.15, -0.1) is 0 Å². The lowest BCUT2D eigenvalue weighted by Crippen LogP contribution is -2.14. The molecule has 2 aromatic rings. The number of ether oxygens (including phenoxy) is 2. The second-order valence-corrected chi connectivity index (χ2v) is 5.90. The number of para-hydroxylation sites is 1. The number of methoxy groups -OCH3 is 1. The molecule has 2 aromatic carbocycles. The Morgan fingerprint density at radius 2 is 1.88 bits per heavy atom. The zero-order valence-electron chi connectivity index (χ0n) is 14.0. The minimum atomic E-state index is -0.0746. The number of rotatable bonds is 8. The molecular formula is C19H22ClNO3. The molecule has 0 aliphatic rings. The number of halogens is 1.